The fourth-order valence-corrected chi connectivity index (χ4v) is 2.91. The zero-order valence-corrected chi connectivity index (χ0v) is 15.7. The summed E-state index contributed by atoms with van der Waals surface area (Å²) in [4.78, 5) is 27.7. The van der Waals surface area contributed by atoms with Gasteiger partial charge in [-0.05, 0) is 31.2 Å². The van der Waals surface area contributed by atoms with Crippen LogP contribution in [0.25, 0.3) is 22.2 Å². The Balaban J connectivity index is 1.89. The number of carboxylic acids is 1. The van der Waals surface area contributed by atoms with E-state index in [4.69, 9.17) is 5.73 Å². The monoisotopic (exact) mass is 401 g/mol. The van der Waals surface area contributed by atoms with Crippen LogP contribution >= 0.6 is 0 Å². The number of aliphatic hydroxyl groups is 1. The van der Waals surface area contributed by atoms with Crippen molar-refractivity contribution < 1.29 is 15.0 Å². The average molecular weight is 401 g/mol. The molecule has 4 aromatic rings. The van der Waals surface area contributed by atoms with E-state index >= 15 is 0 Å². The molecule has 0 spiro atoms. The van der Waals surface area contributed by atoms with Crippen LogP contribution in [0.3, 0.4) is 0 Å². The molecule has 1 atom stereocenters. The number of anilines is 1. The van der Waals surface area contributed by atoms with Crippen LogP contribution in [0.1, 0.15) is 28.8 Å². The zero-order valence-electron chi connectivity index (χ0n) is 15.7. The van der Waals surface area contributed by atoms with Crippen molar-refractivity contribution in [2.24, 2.45) is 0 Å². The molecule has 0 amide bonds. The second-order valence-corrected chi connectivity index (χ2v) is 6.52. The molecule has 148 valence electrons. The van der Waals surface area contributed by atoms with Crippen LogP contribution in [0.15, 0.2) is 42.9 Å². The average Bonchev–Trinajstić information content (AvgIpc) is 3.17. The molecule has 1 aromatic carbocycles. The molecule has 0 aliphatic rings. The van der Waals surface area contributed by atoms with Gasteiger partial charge in [-0.25, -0.2) is 24.7 Å². The van der Waals surface area contributed by atoms with Gasteiger partial charge in [0.2, 0.25) is 5.95 Å². The number of carbonyl (C=O) groups is 1. The lowest BCUT2D eigenvalue weighted by Crippen LogP contribution is -2.21. The summed E-state index contributed by atoms with van der Waals surface area (Å²) in [5.41, 5.74) is 5.77. The molecule has 0 bridgehead atoms. The third-order valence-electron chi connectivity index (χ3n) is 4.27. The number of hydrogen-bond acceptors (Lipinski definition) is 8. The third kappa shape index (κ3) is 3.52. The largest absolute Gasteiger partial charge is 0.476 e. The van der Waals surface area contributed by atoms with E-state index in [1.807, 2.05) is 0 Å². The first kappa shape index (κ1) is 19.0. The number of nitrogen functional groups attached to an aromatic ring is 1. The van der Waals surface area contributed by atoms with Crippen molar-refractivity contribution in [3.05, 3.63) is 59.9 Å². The number of rotatable bonds is 3. The number of hydrogen-bond donors (Lipinski definition) is 4. The molecule has 0 aliphatic heterocycles. The molecular weight excluding hydrogens is 386 g/mol. The maximum atomic E-state index is 11.6. The van der Waals surface area contributed by atoms with Crippen molar-refractivity contribution in [2.45, 2.75) is 12.5 Å². The Kier molecular flexibility index (Phi) is 4.57. The van der Waals surface area contributed by atoms with Crippen LogP contribution in [0.4, 0.5) is 5.95 Å². The van der Waals surface area contributed by atoms with E-state index in [0.29, 0.717) is 27.7 Å². The van der Waals surface area contributed by atoms with Crippen LogP contribution in [0.5, 0.6) is 0 Å². The van der Waals surface area contributed by atoms with E-state index < -0.39 is 11.6 Å². The van der Waals surface area contributed by atoms with E-state index in [-0.39, 0.29) is 17.5 Å². The van der Waals surface area contributed by atoms with E-state index in [2.05, 4.69) is 42.0 Å². The van der Waals surface area contributed by atoms with Crippen LogP contribution in [0, 0.1) is 11.8 Å². The van der Waals surface area contributed by atoms with E-state index in [0.717, 1.165) is 0 Å². The molecule has 0 fully saturated rings. The standard InChI is InChI=1S/C20H15N7O3/c1-20(30,18-22-6-2-7-23-18)5-3-11-9-12(13-4-8-24-19(21)25-13)15-14(10-11)26-27-16(15)17(28)29/h2,4,6-10,30H,1H3,(H,26,27)(H,28,29)(H2,21,24,25). The van der Waals surface area contributed by atoms with Gasteiger partial charge in [0.05, 0.1) is 11.2 Å². The van der Waals surface area contributed by atoms with Crippen LogP contribution in [0.2, 0.25) is 0 Å². The highest BCUT2D eigenvalue weighted by Crippen LogP contribution is 2.31. The lowest BCUT2D eigenvalue weighted by Gasteiger charge is -2.13. The number of H-pyrrole nitrogens is 1. The lowest BCUT2D eigenvalue weighted by molar-refractivity contribution is 0.0692. The van der Waals surface area contributed by atoms with Gasteiger partial charge in [0.1, 0.15) is 0 Å². The minimum atomic E-state index is -1.59. The van der Waals surface area contributed by atoms with Crippen molar-refractivity contribution in [3.63, 3.8) is 0 Å². The summed E-state index contributed by atoms with van der Waals surface area (Å²) in [6.07, 6.45) is 4.50. The molecule has 5 N–H and O–H groups in total. The van der Waals surface area contributed by atoms with Gasteiger partial charge in [0.15, 0.2) is 17.1 Å². The highest BCUT2D eigenvalue weighted by molar-refractivity contribution is 6.08. The van der Waals surface area contributed by atoms with Gasteiger partial charge < -0.3 is 15.9 Å². The molecule has 0 saturated heterocycles. The number of nitrogens with two attached hydrogens (primary N) is 1. The maximum absolute atomic E-state index is 11.6. The molecule has 0 aliphatic carbocycles. The quantitative estimate of drug-likeness (QED) is 0.371. The van der Waals surface area contributed by atoms with E-state index in [1.165, 1.54) is 25.5 Å². The number of aromatic nitrogens is 6. The molecule has 30 heavy (non-hydrogen) atoms. The number of aromatic carboxylic acids is 1. The fraction of sp³-hybridized carbons (Fsp3) is 0.100. The summed E-state index contributed by atoms with van der Waals surface area (Å²) in [5, 5.41) is 27.1. The highest BCUT2D eigenvalue weighted by atomic mass is 16.4. The Morgan fingerprint density at radius 3 is 2.67 bits per heavy atom. The molecule has 0 radical (unpaired) electrons. The van der Waals surface area contributed by atoms with E-state index in [1.54, 1.807) is 24.3 Å². The SMILES string of the molecule is CC(O)(C#Cc1cc(-c2ccnc(N)n2)c2c(C(=O)O)n[nH]c2c1)c1ncccn1. The number of nitrogens with zero attached hydrogens (tertiary/aromatic N) is 5. The number of carboxylic acid groups (broad SMARTS) is 1. The van der Waals surface area contributed by atoms with Gasteiger partial charge in [0, 0.05) is 35.1 Å². The zero-order chi connectivity index (χ0) is 21.3. The van der Waals surface area contributed by atoms with Gasteiger partial charge in [-0.1, -0.05) is 11.8 Å². The maximum Gasteiger partial charge on any atom is 0.357 e. The highest BCUT2D eigenvalue weighted by Gasteiger charge is 2.23. The molecule has 10 heteroatoms. The Morgan fingerprint density at radius 2 is 1.97 bits per heavy atom. The van der Waals surface area contributed by atoms with Crippen LogP contribution in [-0.4, -0.2) is 46.3 Å². The lowest BCUT2D eigenvalue weighted by atomic mass is 10.00. The smallest absolute Gasteiger partial charge is 0.357 e. The van der Waals surface area contributed by atoms with Gasteiger partial charge in [-0.15, -0.1) is 0 Å². The molecule has 0 saturated carbocycles. The predicted molar refractivity (Wildman–Crippen MR) is 107 cm³/mol. The molecule has 3 heterocycles. The minimum absolute atomic E-state index is 0.0432. The summed E-state index contributed by atoms with van der Waals surface area (Å²) < 4.78 is 0. The predicted octanol–water partition coefficient (Wildman–Crippen LogP) is 1.35. The van der Waals surface area contributed by atoms with Gasteiger partial charge in [0.25, 0.3) is 0 Å². The van der Waals surface area contributed by atoms with Crippen molar-refractivity contribution in [1.29, 1.82) is 0 Å². The van der Waals surface area contributed by atoms with Crippen LogP contribution in [-0.2, 0) is 5.60 Å². The molecule has 3 aromatic heterocycles. The summed E-state index contributed by atoms with van der Waals surface area (Å²) >= 11 is 0. The fourth-order valence-electron chi connectivity index (χ4n) is 2.91. The van der Waals surface area contributed by atoms with Gasteiger partial charge >= 0.3 is 5.97 Å². The molecular formula is C20H15N7O3. The molecule has 4 rings (SSSR count). The Labute approximate surface area is 169 Å². The van der Waals surface area contributed by atoms with E-state index in [9.17, 15) is 15.0 Å². The summed E-state index contributed by atoms with van der Waals surface area (Å²) in [6.45, 7) is 1.48. The second-order valence-electron chi connectivity index (χ2n) is 6.52. The Morgan fingerprint density at radius 1 is 1.20 bits per heavy atom. The Hall–Kier alpha value is -4.36. The minimum Gasteiger partial charge on any atom is -0.476 e. The second kappa shape index (κ2) is 7.23. The number of aromatic amines is 1. The number of benzene rings is 1. The van der Waals surface area contributed by atoms with Crippen molar-refractivity contribution in [1.82, 2.24) is 30.1 Å². The van der Waals surface area contributed by atoms with Gasteiger partial charge in [-0.3, -0.25) is 5.10 Å². The first-order valence-corrected chi connectivity index (χ1v) is 8.72. The Bertz CT molecular complexity index is 1320. The summed E-state index contributed by atoms with van der Waals surface area (Å²) in [5.74, 6) is 4.66. The third-order valence-corrected chi connectivity index (χ3v) is 4.27. The van der Waals surface area contributed by atoms with Crippen LogP contribution < -0.4 is 5.73 Å². The number of fused-ring (bicyclic) bond motifs is 1. The topological polar surface area (TPSA) is 164 Å². The van der Waals surface area contributed by atoms with Crippen molar-refractivity contribution in [3.8, 4) is 23.1 Å². The van der Waals surface area contributed by atoms with Crippen molar-refractivity contribution >= 4 is 22.8 Å². The first-order valence-electron chi connectivity index (χ1n) is 8.72. The first-order chi connectivity index (χ1) is 14.3. The summed E-state index contributed by atoms with van der Waals surface area (Å²) in [6, 6.07) is 6.53. The molecule has 10 nitrogen and oxygen atoms in total. The normalized spacial score (nSPS) is 12.7. The van der Waals surface area contributed by atoms with Crippen molar-refractivity contribution in [2.75, 3.05) is 5.73 Å². The number of nitrogens with one attached hydrogen (secondary N) is 1. The summed E-state index contributed by atoms with van der Waals surface area (Å²) in [7, 11) is 0. The molecule has 1 unspecified atom stereocenters. The van der Waals surface area contributed by atoms with Gasteiger partial charge in [-0.2, -0.15) is 5.10 Å².